The first kappa shape index (κ1) is 9.78. The molecule has 1 rings (SSSR count). The van der Waals surface area contributed by atoms with Crippen LogP contribution in [0.25, 0.3) is 0 Å². The molecule has 1 aromatic rings. The highest BCUT2D eigenvalue weighted by atomic mass is 16.6. The topological polar surface area (TPSA) is 21.6 Å². The third-order valence-electron chi connectivity index (χ3n) is 1.84. The molecule has 2 nitrogen and oxygen atoms in total. The van der Waals surface area contributed by atoms with Gasteiger partial charge in [-0.15, -0.1) is 0 Å². The van der Waals surface area contributed by atoms with Gasteiger partial charge in [0.15, 0.2) is 5.75 Å². The summed E-state index contributed by atoms with van der Waals surface area (Å²) >= 11 is 0. The Morgan fingerprint density at radius 1 is 1.31 bits per heavy atom. The first-order valence-corrected chi connectivity index (χ1v) is 4.49. The van der Waals surface area contributed by atoms with E-state index in [2.05, 4.69) is 12.1 Å². The second kappa shape index (κ2) is 4.65. The molecular weight excluding hydrogens is 162 g/mol. The molecule has 2 heteroatoms. The summed E-state index contributed by atoms with van der Waals surface area (Å²) < 4.78 is 0. The average molecular weight is 177 g/mol. The quantitative estimate of drug-likeness (QED) is 0.513. The van der Waals surface area contributed by atoms with Crippen molar-refractivity contribution >= 4 is 5.71 Å². The summed E-state index contributed by atoms with van der Waals surface area (Å²) in [6, 6.07) is 7.85. The molecule has 0 aromatic heterocycles. The van der Waals surface area contributed by atoms with Gasteiger partial charge in [-0.2, -0.15) is 0 Å². The maximum absolute atomic E-state index is 5.20. The van der Waals surface area contributed by atoms with Crippen LogP contribution in [0.3, 0.4) is 0 Å². The molecule has 0 fully saturated rings. The van der Waals surface area contributed by atoms with Crippen molar-refractivity contribution in [1.29, 1.82) is 0 Å². The number of benzene rings is 1. The van der Waals surface area contributed by atoms with Crippen molar-refractivity contribution in [1.82, 2.24) is 0 Å². The molecule has 0 heterocycles. The second-order valence-electron chi connectivity index (χ2n) is 3.08. The maximum atomic E-state index is 5.20. The van der Waals surface area contributed by atoms with E-state index in [-0.39, 0.29) is 0 Å². The molecule has 0 saturated heterocycles. The third kappa shape index (κ3) is 3.28. The van der Waals surface area contributed by atoms with Gasteiger partial charge in [-0.1, -0.05) is 29.8 Å². The molecule has 0 spiro atoms. The molecule has 0 aliphatic heterocycles. The fourth-order valence-corrected chi connectivity index (χ4v) is 0.794. The number of rotatable bonds is 3. The van der Waals surface area contributed by atoms with Crippen molar-refractivity contribution in [3.8, 4) is 5.75 Å². The molecule has 0 N–H and O–H groups in total. The summed E-state index contributed by atoms with van der Waals surface area (Å²) in [6.45, 7) is 6.05. The number of nitrogens with zero attached hydrogens (tertiary/aromatic N) is 1. The Hall–Kier alpha value is -1.31. The van der Waals surface area contributed by atoms with Crippen LogP contribution >= 0.6 is 0 Å². The van der Waals surface area contributed by atoms with Crippen LogP contribution in [-0.4, -0.2) is 5.71 Å². The van der Waals surface area contributed by atoms with E-state index < -0.39 is 0 Å². The maximum Gasteiger partial charge on any atom is 0.157 e. The first-order valence-electron chi connectivity index (χ1n) is 4.49. The van der Waals surface area contributed by atoms with Gasteiger partial charge in [-0.05, 0) is 32.4 Å². The third-order valence-corrected chi connectivity index (χ3v) is 1.84. The van der Waals surface area contributed by atoms with E-state index in [0.29, 0.717) is 0 Å². The fraction of sp³-hybridized carbons (Fsp3) is 0.364. The largest absolute Gasteiger partial charge is 0.357 e. The Morgan fingerprint density at radius 2 is 1.92 bits per heavy atom. The van der Waals surface area contributed by atoms with Gasteiger partial charge in [0.1, 0.15) is 0 Å². The summed E-state index contributed by atoms with van der Waals surface area (Å²) in [5.74, 6) is 0.790. The van der Waals surface area contributed by atoms with Crippen LogP contribution in [-0.2, 0) is 0 Å². The lowest BCUT2D eigenvalue weighted by atomic mass is 10.2. The van der Waals surface area contributed by atoms with Crippen molar-refractivity contribution < 1.29 is 4.84 Å². The number of aryl methyl sites for hydroxylation is 1. The van der Waals surface area contributed by atoms with Gasteiger partial charge in [-0.25, -0.2) is 0 Å². The minimum atomic E-state index is 0.790. The highest BCUT2D eigenvalue weighted by Gasteiger charge is 1.91. The van der Waals surface area contributed by atoms with Crippen LogP contribution < -0.4 is 4.84 Å². The standard InChI is InChI=1S/C11H15NO/c1-4-10(3)12-13-11-7-5-9(2)6-8-11/h5-8H,4H2,1-3H3/b12-10+. The van der Waals surface area contributed by atoms with E-state index in [4.69, 9.17) is 4.84 Å². The van der Waals surface area contributed by atoms with Gasteiger partial charge in [0, 0.05) is 0 Å². The Bertz CT molecular complexity index is 287. The molecule has 0 saturated carbocycles. The molecule has 0 atom stereocenters. The zero-order valence-electron chi connectivity index (χ0n) is 8.37. The molecular formula is C11H15NO. The number of hydrogen-bond acceptors (Lipinski definition) is 2. The van der Waals surface area contributed by atoms with Crippen LogP contribution in [0.4, 0.5) is 0 Å². The Kier molecular flexibility index (Phi) is 3.50. The van der Waals surface area contributed by atoms with Crippen molar-refractivity contribution in [3.63, 3.8) is 0 Å². The number of hydrogen-bond donors (Lipinski definition) is 0. The van der Waals surface area contributed by atoms with Gasteiger partial charge in [-0.3, -0.25) is 0 Å². The molecule has 70 valence electrons. The molecule has 0 radical (unpaired) electrons. The predicted octanol–water partition coefficient (Wildman–Crippen LogP) is 3.16. The van der Waals surface area contributed by atoms with E-state index in [1.807, 2.05) is 38.1 Å². The van der Waals surface area contributed by atoms with Crippen molar-refractivity contribution in [2.75, 3.05) is 0 Å². The highest BCUT2D eigenvalue weighted by Crippen LogP contribution is 2.11. The highest BCUT2D eigenvalue weighted by molar-refractivity contribution is 5.81. The van der Waals surface area contributed by atoms with Crippen LogP contribution in [0.15, 0.2) is 29.4 Å². The molecule has 0 bridgehead atoms. The van der Waals surface area contributed by atoms with Crippen molar-refractivity contribution in [3.05, 3.63) is 29.8 Å². The summed E-state index contributed by atoms with van der Waals surface area (Å²) in [6.07, 6.45) is 0.922. The predicted molar refractivity (Wildman–Crippen MR) is 55.2 cm³/mol. The minimum Gasteiger partial charge on any atom is -0.357 e. The zero-order chi connectivity index (χ0) is 9.68. The molecule has 13 heavy (non-hydrogen) atoms. The van der Waals surface area contributed by atoms with E-state index in [0.717, 1.165) is 17.9 Å². The lowest BCUT2D eigenvalue weighted by Crippen LogP contribution is -1.92. The Labute approximate surface area is 79.2 Å². The molecule has 1 aromatic carbocycles. The van der Waals surface area contributed by atoms with Gasteiger partial charge >= 0.3 is 0 Å². The van der Waals surface area contributed by atoms with E-state index >= 15 is 0 Å². The van der Waals surface area contributed by atoms with Gasteiger partial charge in [0.2, 0.25) is 0 Å². The van der Waals surface area contributed by atoms with Crippen LogP contribution in [0.5, 0.6) is 5.75 Å². The van der Waals surface area contributed by atoms with Crippen LogP contribution in [0.2, 0.25) is 0 Å². The van der Waals surface area contributed by atoms with Gasteiger partial charge in [0.25, 0.3) is 0 Å². The molecule has 0 amide bonds. The average Bonchev–Trinajstić information content (AvgIpc) is 2.16. The van der Waals surface area contributed by atoms with E-state index in [9.17, 15) is 0 Å². The van der Waals surface area contributed by atoms with Crippen LogP contribution in [0.1, 0.15) is 25.8 Å². The molecule has 0 aliphatic rings. The number of oxime groups is 1. The first-order chi connectivity index (χ1) is 6.22. The zero-order valence-corrected chi connectivity index (χ0v) is 8.37. The fourth-order valence-electron chi connectivity index (χ4n) is 0.794. The van der Waals surface area contributed by atoms with Gasteiger partial charge < -0.3 is 4.84 Å². The van der Waals surface area contributed by atoms with Crippen molar-refractivity contribution in [2.24, 2.45) is 5.16 Å². The normalized spacial score (nSPS) is 11.5. The summed E-state index contributed by atoms with van der Waals surface area (Å²) in [4.78, 5) is 5.20. The second-order valence-corrected chi connectivity index (χ2v) is 3.08. The summed E-state index contributed by atoms with van der Waals surface area (Å²) in [5, 5.41) is 3.96. The molecule has 0 unspecified atom stereocenters. The summed E-state index contributed by atoms with van der Waals surface area (Å²) in [7, 11) is 0. The Morgan fingerprint density at radius 3 is 2.46 bits per heavy atom. The SMILES string of the molecule is CC/C(C)=N/Oc1ccc(C)cc1. The smallest absolute Gasteiger partial charge is 0.157 e. The lowest BCUT2D eigenvalue weighted by Gasteiger charge is -1.99. The molecule has 0 aliphatic carbocycles. The van der Waals surface area contributed by atoms with E-state index in [1.165, 1.54) is 5.56 Å². The van der Waals surface area contributed by atoms with E-state index in [1.54, 1.807) is 0 Å². The van der Waals surface area contributed by atoms with Crippen LogP contribution in [0, 0.1) is 6.92 Å². The van der Waals surface area contributed by atoms with Crippen molar-refractivity contribution in [2.45, 2.75) is 27.2 Å². The monoisotopic (exact) mass is 177 g/mol. The lowest BCUT2D eigenvalue weighted by molar-refractivity contribution is 0.340. The summed E-state index contributed by atoms with van der Waals surface area (Å²) in [5.41, 5.74) is 2.23. The minimum absolute atomic E-state index is 0.790. The van der Waals surface area contributed by atoms with Gasteiger partial charge in [0.05, 0.1) is 5.71 Å². The Balaban J connectivity index is 2.60.